The second-order valence-electron chi connectivity index (χ2n) is 8.28. The molecule has 0 radical (unpaired) electrons. The fourth-order valence-electron chi connectivity index (χ4n) is 4.58. The second kappa shape index (κ2) is 9.92. The fourth-order valence-corrected chi connectivity index (χ4v) is 4.90. The average molecular weight is 430 g/mol. The first kappa shape index (κ1) is 21.3. The Hall–Kier alpha value is -1.93. The quantitative estimate of drug-likeness (QED) is 0.422. The molecule has 0 saturated carbocycles. The molecule has 0 spiro atoms. The number of benzene rings is 2. The molecule has 0 amide bonds. The van der Waals surface area contributed by atoms with Gasteiger partial charge in [0.1, 0.15) is 12.4 Å². The van der Waals surface area contributed by atoms with Gasteiger partial charge in [-0.1, -0.05) is 30.3 Å². The highest BCUT2D eigenvalue weighted by Gasteiger charge is 2.32. The molecule has 2 aromatic rings. The highest BCUT2D eigenvalue weighted by atomic mass is 32.2. The van der Waals surface area contributed by atoms with Crippen molar-refractivity contribution in [2.24, 2.45) is 5.92 Å². The molecule has 1 saturated heterocycles. The molecule has 3 atom stereocenters. The number of hydrogen-bond donors (Lipinski definition) is 3. The van der Waals surface area contributed by atoms with Gasteiger partial charge in [-0.15, -0.1) is 0 Å². The van der Waals surface area contributed by atoms with Gasteiger partial charge in [0.15, 0.2) is 0 Å². The number of anilines is 1. The Morgan fingerprint density at radius 2 is 2.00 bits per heavy atom. The van der Waals surface area contributed by atoms with Crippen molar-refractivity contribution in [1.82, 2.24) is 10.0 Å². The van der Waals surface area contributed by atoms with Crippen LogP contribution < -0.4 is 19.7 Å². The molecule has 0 aromatic heterocycles. The van der Waals surface area contributed by atoms with E-state index in [1.807, 2.05) is 7.05 Å². The van der Waals surface area contributed by atoms with E-state index in [0.717, 1.165) is 38.1 Å². The van der Waals surface area contributed by atoms with E-state index in [1.54, 1.807) is 0 Å². The first-order chi connectivity index (χ1) is 14.6. The van der Waals surface area contributed by atoms with Crippen molar-refractivity contribution in [3.05, 3.63) is 59.7 Å². The van der Waals surface area contributed by atoms with Gasteiger partial charge in [0.25, 0.3) is 0 Å². The zero-order valence-electron chi connectivity index (χ0n) is 17.4. The van der Waals surface area contributed by atoms with Crippen LogP contribution in [0.4, 0.5) is 5.69 Å². The molecule has 0 aliphatic carbocycles. The van der Waals surface area contributed by atoms with E-state index >= 15 is 0 Å². The van der Waals surface area contributed by atoms with Gasteiger partial charge < -0.3 is 15.0 Å². The predicted octanol–water partition coefficient (Wildman–Crippen LogP) is 2.94. The minimum absolute atomic E-state index is 0.293. The van der Waals surface area contributed by atoms with Crippen LogP contribution in [0.2, 0.25) is 0 Å². The summed E-state index contributed by atoms with van der Waals surface area (Å²) >= 11 is -1.90. The van der Waals surface area contributed by atoms with E-state index in [1.165, 1.54) is 16.8 Å². The topological polar surface area (TPSA) is 73.8 Å². The number of nitrogens with zero attached hydrogens (tertiary/aromatic N) is 1. The molecular weight excluding hydrogens is 398 g/mol. The van der Waals surface area contributed by atoms with Gasteiger partial charge in [-0.05, 0) is 56.0 Å². The number of ether oxygens (including phenoxy) is 1. The molecule has 6 nitrogen and oxygen atoms in total. The van der Waals surface area contributed by atoms with Crippen molar-refractivity contribution < 1.29 is 13.5 Å². The summed E-state index contributed by atoms with van der Waals surface area (Å²) in [7, 11) is 2.02. The first-order valence-corrected chi connectivity index (χ1v) is 11.8. The van der Waals surface area contributed by atoms with Crippen LogP contribution in [0, 0.1) is 5.92 Å². The smallest absolute Gasteiger partial charge is 0.231 e. The standard InChI is InChI=1S/C23H31N3O3S/c1-24-22-16-29-23-10-9-19(26-14-18(15-26)8-5-11-25-30(27)28)13-21(23)20(22)12-17-6-3-2-4-7-17/h2-4,6-7,9-10,13,18,20,22,24-25H,5,8,11-12,14-16H2,1H3,(H,27,28). The van der Waals surface area contributed by atoms with Crippen molar-refractivity contribution in [3.63, 3.8) is 0 Å². The normalized spacial score (nSPS) is 22.1. The number of rotatable bonds is 9. The number of likely N-dealkylation sites (N-methyl/N-ethyl adjacent to an activating group) is 1. The maximum Gasteiger partial charge on any atom is 0.231 e. The van der Waals surface area contributed by atoms with E-state index in [9.17, 15) is 4.21 Å². The van der Waals surface area contributed by atoms with Gasteiger partial charge in [-0.3, -0.25) is 4.55 Å². The van der Waals surface area contributed by atoms with Crippen molar-refractivity contribution >= 4 is 17.0 Å². The van der Waals surface area contributed by atoms with Gasteiger partial charge in [0.05, 0.1) is 0 Å². The number of nitrogens with one attached hydrogen (secondary N) is 2. The summed E-state index contributed by atoms with van der Waals surface area (Å²) in [5.41, 5.74) is 3.90. The van der Waals surface area contributed by atoms with Gasteiger partial charge in [0.2, 0.25) is 11.3 Å². The minimum Gasteiger partial charge on any atom is -0.492 e. The van der Waals surface area contributed by atoms with Crippen molar-refractivity contribution in [1.29, 1.82) is 0 Å². The third-order valence-electron chi connectivity index (χ3n) is 6.30. The molecule has 2 heterocycles. The van der Waals surface area contributed by atoms with Crippen LogP contribution in [-0.2, 0) is 17.7 Å². The van der Waals surface area contributed by atoms with E-state index in [0.29, 0.717) is 31.0 Å². The molecule has 162 valence electrons. The van der Waals surface area contributed by atoms with Crippen LogP contribution in [-0.4, -0.2) is 48.1 Å². The Kier molecular flexibility index (Phi) is 7.04. The van der Waals surface area contributed by atoms with E-state index < -0.39 is 11.3 Å². The van der Waals surface area contributed by atoms with Crippen molar-refractivity contribution in [3.8, 4) is 5.75 Å². The van der Waals surface area contributed by atoms with E-state index in [-0.39, 0.29) is 0 Å². The lowest BCUT2D eigenvalue weighted by Crippen LogP contribution is -2.47. The summed E-state index contributed by atoms with van der Waals surface area (Å²) in [6.07, 6.45) is 2.99. The maximum absolute atomic E-state index is 10.6. The monoisotopic (exact) mass is 429 g/mol. The van der Waals surface area contributed by atoms with E-state index in [4.69, 9.17) is 9.29 Å². The summed E-state index contributed by atoms with van der Waals surface area (Å²) in [5, 5.41) is 3.45. The van der Waals surface area contributed by atoms with Gasteiger partial charge in [0, 0.05) is 42.8 Å². The van der Waals surface area contributed by atoms with Crippen LogP contribution >= 0.6 is 0 Å². The number of hydrogen-bond acceptors (Lipinski definition) is 4. The zero-order valence-corrected chi connectivity index (χ0v) is 18.2. The van der Waals surface area contributed by atoms with Gasteiger partial charge >= 0.3 is 0 Å². The lowest BCUT2D eigenvalue weighted by atomic mass is 9.83. The average Bonchev–Trinajstić information content (AvgIpc) is 2.73. The Morgan fingerprint density at radius 3 is 2.73 bits per heavy atom. The zero-order chi connectivity index (χ0) is 20.9. The Balaban J connectivity index is 1.42. The molecule has 2 aliphatic rings. The van der Waals surface area contributed by atoms with E-state index in [2.05, 4.69) is 63.5 Å². The summed E-state index contributed by atoms with van der Waals surface area (Å²) in [5.74, 6) is 2.03. The highest BCUT2D eigenvalue weighted by Crippen LogP contribution is 2.39. The lowest BCUT2D eigenvalue weighted by molar-refractivity contribution is 0.219. The molecule has 0 bridgehead atoms. The number of fused-ring (bicyclic) bond motifs is 1. The third-order valence-corrected chi connectivity index (χ3v) is 6.75. The molecule has 2 aliphatic heterocycles. The van der Waals surface area contributed by atoms with Crippen LogP contribution in [0.25, 0.3) is 0 Å². The molecule has 3 N–H and O–H groups in total. The predicted molar refractivity (Wildman–Crippen MR) is 121 cm³/mol. The molecule has 1 fully saturated rings. The highest BCUT2D eigenvalue weighted by molar-refractivity contribution is 7.77. The largest absolute Gasteiger partial charge is 0.492 e. The summed E-state index contributed by atoms with van der Waals surface area (Å²) in [6.45, 7) is 3.36. The Bertz CT molecular complexity index is 858. The van der Waals surface area contributed by atoms with Crippen LogP contribution in [0.3, 0.4) is 0 Å². The van der Waals surface area contributed by atoms with Gasteiger partial charge in [-0.2, -0.15) is 0 Å². The molecular formula is C23H31N3O3S. The molecule has 3 unspecified atom stereocenters. The minimum atomic E-state index is -1.90. The SMILES string of the molecule is CNC1COc2ccc(N3CC(CCCNS(=O)O)C3)cc2C1Cc1ccccc1. The Morgan fingerprint density at radius 1 is 1.20 bits per heavy atom. The maximum atomic E-state index is 10.6. The molecule has 7 heteroatoms. The van der Waals surface area contributed by atoms with Gasteiger partial charge in [-0.25, -0.2) is 8.93 Å². The fraction of sp³-hybridized carbons (Fsp3) is 0.478. The third kappa shape index (κ3) is 5.03. The molecule has 30 heavy (non-hydrogen) atoms. The lowest BCUT2D eigenvalue weighted by Gasteiger charge is -2.42. The summed E-state index contributed by atoms with van der Waals surface area (Å²) < 4.78 is 28.0. The summed E-state index contributed by atoms with van der Waals surface area (Å²) in [4.78, 5) is 2.42. The van der Waals surface area contributed by atoms with Crippen LogP contribution in [0.1, 0.15) is 29.9 Å². The molecule has 2 aromatic carbocycles. The van der Waals surface area contributed by atoms with Crippen LogP contribution in [0.5, 0.6) is 5.75 Å². The summed E-state index contributed by atoms with van der Waals surface area (Å²) in [6, 6.07) is 17.6. The first-order valence-electron chi connectivity index (χ1n) is 10.7. The van der Waals surface area contributed by atoms with Crippen molar-refractivity contribution in [2.75, 3.05) is 38.2 Å². The second-order valence-corrected chi connectivity index (χ2v) is 9.07. The van der Waals surface area contributed by atoms with Crippen molar-refractivity contribution in [2.45, 2.75) is 31.2 Å². The van der Waals surface area contributed by atoms with Crippen LogP contribution in [0.15, 0.2) is 48.5 Å². The Labute approximate surface area is 181 Å². The molecule has 4 rings (SSSR count).